The zero-order valence-corrected chi connectivity index (χ0v) is 15.6. The summed E-state index contributed by atoms with van der Waals surface area (Å²) in [5.41, 5.74) is 3.58. The third kappa shape index (κ3) is 4.16. The van der Waals surface area contributed by atoms with E-state index < -0.39 is 6.04 Å². The zero-order chi connectivity index (χ0) is 19.6. The van der Waals surface area contributed by atoms with Crippen molar-refractivity contribution in [3.05, 3.63) is 64.7 Å². The molecule has 0 spiro atoms. The van der Waals surface area contributed by atoms with E-state index in [1.807, 2.05) is 39.0 Å². The second-order valence-corrected chi connectivity index (χ2v) is 7.11. The summed E-state index contributed by atoms with van der Waals surface area (Å²) in [5, 5.41) is 8.36. The third-order valence-electron chi connectivity index (χ3n) is 4.61. The molecule has 3 amide bonds. The fraction of sp³-hybridized carbons (Fsp3) is 0.286. The molecule has 0 saturated heterocycles. The monoisotopic (exact) mass is 365 g/mol. The standard InChI is InChI=1S/C21H23N3O3/c1-12(2)18(24-19(25)14-6-4-13(3)5-7-14)21(27)23-16-9-8-15-11-22-20(26)17(15)10-16/h4-10,12,18H,11H2,1-3H3,(H,22,26)(H,23,27)(H,24,25). The van der Waals surface area contributed by atoms with Crippen molar-refractivity contribution in [3.8, 4) is 0 Å². The van der Waals surface area contributed by atoms with Crippen LogP contribution in [0.15, 0.2) is 42.5 Å². The van der Waals surface area contributed by atoms with Crippen LogP contribution < -0.4 is 16.0 Å². The molecule has 0 bridgehead atoms. The predicted molar refractivity (Wildman–Crippen MR) is 104 cm³/mol. The second-order valence-electron chi connectivity index (χ2n) is 7.11. The number of amides is 3. The molecule has 1 aliphatic heterocycles. The van der Waals surface area contributed by atoms with Crippen LogP contribution in [0.4, 0.5) is 5.69 Å². The lowest BCUT2D eigenvalue weighted by Crippen LogP contribution is -2.47. The molecule has 1 heterocycles. The number of nitrogens with one attached hydrogen (secondary N) is 3. The Kier molecular flexibility index (Phi) is 5.26. The van der Waals surface area contributed by atoms with Gasteiger partial charge < -0.3 is 16.0 Å². The Balaban J connectivity index is 1.72. The van der Waals surface area contributed by atoms with Crippen LogP contribution in [0.3, 0.4) is 0 Å². The molecular weight excluding hydrogens is 342 g/mol. The van der Waals surface area contributed by atoms with E-state index in [0.717, 1.165) is 11.1 Å². The van der Waals surface area contributed by atoms with Crippen molar-refractivity contribution in [2.45, 2.75) is 33.4 Å². The molecule has 0 radical (unpaired) electrons. The van der Waals surface area contributed by atoms with E-state index in [0.29, 0.717) is 23.4 Å². The van der Waals surface area contributed by atoms with Gasteiger partial charge in [-0.25, -0.2) is 0 Å². The maximum Gasteiger partial charge on any atom is 0.251 e. The predicted octanol–water partition coefficient (Wildman–Crippen LogP) is 2.63. The average molecular weight is 365 g/mol. The van der Waals surface area contributed by atoms with E-state index in [4.69, 9.17) is 0 Å². The molecule has 6 nitrogen and oxygen atoms in total. The maximum absolute atomic E-state index is 12.7. The number of carbonyl (C=O) groups excluding carboxylic acids is 3. The highest BCUT2D eigenvalue weighted by Crippen LogP contribution is 2.20. The van der Waals surface area contributed by atoms with Crippen molar-refractivity contribution < 1.29 is 14.4 Å². The topological polar surface area (TPSA) is 87.3 Å². The minimum atomic E-state index is -0.694. The molecule has 140 valence electrons. The second kappa shape index (κ2) is 7.61. The molecule has 0 aliphatic carbocycles. The third-order valence-corrected chi connectivity index (χ3v) is 4.61. The molecule has 27 heavy (non-hydrogen) atoms. The molecule has 2 aromatic rings. The fourth-order valence-corrected chi connectivity index (χ4v) is 2.97. The van der Waals surface area contributed by atoms with E-state index in [-0.39, 0.29) is 23.6 Å². The quantitative estimate of drug-likeness (QED) is 0.761. The molecule has 1 aliphatic rings. The van der Waals surface area contributed by atoms with Crippen LogP contribution >= 0.6 is 0 Å². The summed E-state index contributed by atoms with van der Waals surface area (Å²) in [6, 6.07) is 11.7. The number of benzene rings is 2. The molecule has 0 aromatic heterocycles. The van der Waals surface area contributed by atoms with E-state index >= 15 is 0 Å². The Morgan fingerprint density at radius 1 is 1.07 bits per heavy atom. The Labute approximate surface area is 158 Å². The summed E-state index contributed by atoms with van der Waals surface area (Å²) in [6.07, 6.45) is 0. The lowest BCUT2D eigenvalue weighted by Gasteiger charge is -2.22. The number of fused-ring (bicyclic) bond motifs is 1. The Hall–Kier alpha value is -3.15. The first kappa shape index (κ1) is 18.6. The summed E-state index contributed by atoms with van der Waals surface area (Å²) in [5.74, 6) is -0.854. The Morgan fingerprint density at radius 2 is 1.78 bits per heavy atom. The fourth-order valence-electron chi connectivity index (χ4n) is 2.97. The van der Waals surface area contributed by atoms with Crippen molar-refractivity contribution in [2.75, 3.05) is 5.32 Å². The molecular formula is C21H23N3O3. The van der Waals surface area contributed by atoms with Crippen molar-refractivity contribution in [3.63, 3.8) is 0 Å². The van der Waals surface area contributed by atoms with Gasteiger partial charge >= 0.3 is 0 Å². The van der Waals surface area contributed by atoms with Crippen molar-refractivity contribution in [1.82, 2.24) is 10.6 Å². The average Bonchev–Trinajstić information content (AvgIpc) is 3.00. The number of carbonyl (C=O) groups is 3. The van der Waals surface area contributed by atoms with Crippen molar-refractivity contribution in [1.29, 1.82) is 0 Å². The first-order valence-electron chi connectivity index (χ1n) is 8.94. The summed E-state index contributed by atoms with van der Waals surface area (Å²) in [6.45, 7) is 6.19. The van der Waals surface area contributed by atoms with Crippen molar-refractivity contribution in [2.24, 2.45) is 5.92 Å². The zero-order valence-electron chi connectivity index (χ0n) is 15.6. The van der Waals surface area contributed by atoms with Crippen molar-refractivity contribution >= 4 is 23.4 Å². The van der Waals surface area contributed by atoms with Gasteiger partial charge in [-0.05, 0) is 42.7 Å². The Bertz CT molecular complexity index is 888. The van der Waals surface area contributed by atoms with Gasteiger partial charge in [-0.15, -0.1) is 0 Å². The number of anilines is 1. The molecule has 6 heteroatoms. The summed E-state index contributed by atoms with van der Waals surface area (Å²) in [7, 11) is 0. The van der Waals surface area contributed by atoms with Gasteiger partial charge in [0.05, 0.1) is 0 Å². The van der Waals surface area contributed by atoms with Gasteiger partial charge in [-0.1, -0.05) is 37.6 Å². The highest BCUT2D eigenvalue weighted by molar-refractivity contribution is 6.03. The molecule has 0 fully saturated rings. The molecule has 2 aromatic carbocycles. The van der Waals surface area contributed by atoms with E-state index in [1.54, 1.807) is 24.3 Å². The largest absolute Gasteiger partial charge is 0.348 e. The first-order valence-corrected chi connectivity index (χ1v) is 8.94. The number of rotatable bonds is 5. The van der Waals surface area contributed by atoms with Gasteiger partial charge in [-0.3, -0.25) is 14.4 Å². The van der Waals surface area contributed by atoms with Gasteiger partial charge in [0.2, 0.25) is 5.91 Å². The van der Waals surface area contributed by atoms with E-state index in [9.17, 15) is 14.4 Å². The smallest absolute Gasteiger partial charge is 0.251 e. The SMILES string of the molecule is Cc1ccc(C(=O)NC(C(=O)Nc2ccc3c(c2)C(=O)NC3)C(C)C)cc1. The van der Waals surface area contributed by atoms with Crippen LogP contribution in [0.25, 0.3) is 0 Å². The number of hydrogen-bond donors (Lipinski definition) is 3. The van der Waals surface area contributed by atoms with Gasteiger partial charge in [0.25, 0.3) is 11.8 Å². The summed E-state index contributed by atoms with van der Waals surface area (Å²) < 4.78 is 0. The summed E-state index contributed by atoms with van der Waals surface area (Å²) in [4.78, 5) is 37.0. The maximum atomic E-state index is 12.7. The van der Waals surface area contributed by atoms with Gasteiger partial charge in [-0.2, -0.15) is 0 Å². The van der Waals surface area contributed by atoms with E-state index in [1.165, 1.54) is 0 Å². The first-order chi connectivity index (χ1) is 12.8. The number of aryl methyl sites for hydroxylation is 1. The molecule has 0 saturated carbocycles. The lowest BCUT2D eigenvalue weighted by molar-refractivity contribution is -0.118. The van der Waals surface area contributed by atoms with Gasteiger partial charge in [0.1, 0.15) is 6.04 Å². The molecule has 3 rings (SSSR count). The molecule has 1 atom stereocenters. The highest BCUT2D eigenvalue weighted by Gasteiger charge is 2.26. The van der Waals surface area contributed by atoms with Crippen LogP contribution in [0, 0.1) is 12.8 Å². The minimum absolute atomic E-state index is 0.0999. The minimum Gasteiger partial charge on any atom is -0.348 e. The van der Waals surface area contributed by atoms with Crippen LogP contribution in [-0.2, 0) is 11.3 Å². The van der Waals surface area contributed by atoms with Crippen LogP contribution in [-0.4, -0.2) is 23.8 Å². The molecule has 1 unspecified atom stereocenters. The normalized spacial score (nSPS) is 13.7. The number of hydrogen-bond acceptors (Lipinski definition) is 3. The van der Waals surface area contributed by atoms with Gasteiger partial charge in [0.15, 0.2) is 0 Å². The summed E-state index contributed by atoms with van der Waals surface area (Å²) >= 11 is 0. The molecule has 3 N–H and O–H groups in total. The van der Waals surface area contributed by atoms with Gasteiger partial charge in [0, 0.05) is 23.4 Å². The van der Waals surface area contributed by atoms with Crippen LogP contribution in [0.5, 0.6) is 0 Å². The van der Waals surface area contributed by atoms with Crippen LogP contribution in [0.1, 0.15) is 45.7 Å². The lowest BCUT2D eigenvalue weighted by atomic mass is 10.0. The van der Waals surface area contributed by atoms with E-state index in [2.05, 4.69) is 16.0 Å². The Morgan fingerprint density at radius 3 is 2.44 bits per heavy atom. The highest BCUT2D eigenvalue weighted by atomic mass is 16.2. The van der Waals surface area contributed by atoms with Crippen LogP contribution in [0.2, 0.25) is 0 Å².